The maximum absolute atomic E-state index is 12.8. The Labute approximate surface area is 178 Å². The van der Waals surface area contributed by atoms with Gasteiger partial charge < -0.3 is 30.2 Å². The highest BCUT2D eigenvalue weighted by Gasteiger charge is 2.20. The van der Waals surface area contributed by atoms with E-state index in [1.54, 1.807) is 25.2 Å². The van der Waals surface area contributed by atoms with Crippen LogP contribution in [0.25, 0.3) is 0 Å². The quantitative estimate of drug-likeness (QED) is 0.437. The Morgan fingerprint density at radius 3 is 2.52 bits per heavy atom. The van der Waals surface area contributed by atoms with Crippen LogP contribution in [0.4, 0.5) is 8.78 Å². The number of hydrogen-bond donors (Lipinski definition) is 3. The second-order valence-electron chi connectivity index (χ2n) is 6.52. The Bertz CT molecular complexity index is 936. The molecule has 0 aromatic heterocycles. The third-order valence-corrected chi connectivity index (χ3v) is 4.43. The number of alkyl halides is 2. The van der Waals surface area contributed by atoms with Crippen LogP contribution in [0.15, 0.2) is 41.4 Å². The van der Waals surface area contributed by atoms with Gasteiger partial charge in [0, 0.05) is 37.3 Å². The molecule has 1 aliphatic heterocycles. The van der Waals surface area contributed by atoms with Crippen LogP contribution in [-0.2, 0) is 13.1 Å². The molecule has 0 saturated heterocycles. The molecular weight excluding hydrogens is 410 g/mol. The zero-order valence-corrected chi connectivity index (χ0v) is 17.2. The molecule has 0 unspecified atom stereocenters. The molecule has 3 N–H and O–H groups in total. The molecular formula is C21H24F2N4O4. The highest BCUT2D eigenvalue weighted by Crippen LogP contribution is 2.38. The van der Waals surface area contributed by atoms with Gasteiger partial charge in [-0.2, -0.15) is 8.78 Å². The molecule has 0 radical (unpaired) electrons. The predicted molar refractivity (Wildman–Crippen MR) is 111 cm³/mol. The van der Waals surface area contributed by atoms with Crippen molar-refractivity contribution in [3.05, 3.63) is 53.1 Å². The first-order chi connectivity index (χ1) is 15.0. The number of ether oxygens (including phenoxy) is 3. The molecule has 1 aliphatic rings. The van der Waals surface area contributed by atoms with Gasteiger partial charge in [-0.1, -0.05) is 12.1 Å². The first-order valence-electron chi connectivity index (χ1n) is 9.70. The minimum atomic E-state index is -2.96. The van der Waals surface area contributed by atoms with Gasteiger partial charge in [-0.3, -0.25) is 4.79 Å². The summed E-state index contributed by atoms with van der Waals surface area (Å²) in [5.41, 5.74) is 1.95. The van der Waals surface area contributed by atoms with Crippen LogP contribution < -0.4 is 30.2 Å². The number of nitrogens with zero attached hydrogens (tertiary/aromatic N) is 1. The largest absolute Gasteiger partial charge is 0.454 e. The predicted octanol–water partition coefficient (Wildman–Crippen LogP) is 2.63. The maximum atomic E-state index is 12.8. The monoisotopic (exact) mass is 434 g/mol. The Hall–Kier alpha value is -3.56. The second-order valence-corrected chi connectivity index (χ2v) is 6.52. The Morgan fingerprint density at radius 2 is 1.87 bits per heavy atom. The summed E-state index contributed by atoms with van der Waals surface area (Å²) in [6, 6.07) is 10.1. The van der Waals surface area contributed by atoms with Crippen molar-refractivity contribution >= 4 is 11.9 Å². The number of carbonyl (C=O) groups is 1. The van der Waals surface area contributed by atoms with Crippen LogP contribution in [0.5, 0.6) is 17.2 Å². The van der Waals surface area contributed by atoms with Gasteiger partial charge in [0.15, 0.2) is 17.5 Å². The summed E-state index contributed by atoms with van der Waals surface area (Å²) in [6.45, 7) is 0.150. The van der Waals surface area contributed by atoms with Crippen molar-refractivity contribution in [3.8, 4) is 17.2 Å². The first kappa shape index (κ1) is 22.1. The van der Waals surface area contributed by atoms with E-state index in [-0.39, 0.29) is 25.0 Å². The second kappa shape index (κ2) is 10.5. The fourth-order valence-electron chi connectivity index (χ4n) is 2.91. The van der Waals surface area contributed by atoms with Crippen molar-refractivity contribution in [3.63, 3.8) is 0 Å². The van der Waals surface area contributed by atoms with Crippen molar-refractivity contribution in [2.45, 2.75) is 26.6 Å². The SMILES string of the molecule is CCNC(=NCc1ccc(C(=O)NC)cc1)NCc1cc2c(cc1OC(F)F)OCO2. The summed E-state index contributed by atoms with van der Waals surface area (Å²) in [4.78, 5) is 16.1. The minimum Gasteiger partial charge on any atom is -0.454 e. The molecule has 0 saturated carbocycles. The Balaban J connectivity index is 1.69. The van der Waals surface area contributed by atoms with Gasteiger partial charge in [-0.15, -0.1) is 0 Å². The molecule has 0 aliphatic carbocycles. The molecule has 1 heterocycles. The highest BCUT2D eigenvalue weighted by molar-refractivity contribution is 5.93. The van der Waals surface area contributed by atoms with E-state index in [1.807, 2.05) is 19.1 Å². The number of carbonyl (C=O) groups excluding carboxylic acids is 1. The summed E-state index contributed by atoms with van der Waals surface area (Å²) in [5.74, 6) is 1.18. The molecule has 0 spiro atoms. The number of aliphatic imine (C=N–C) groups is 1. The molecule has 8 nitrogen and oxygen atoms in total. The molecule has 0 atom stereocenters. The number of halogens is 2. The lowest BCUT2D eigenvalue weighted by atomic mass is 10.1. The Kier molecular flexibility index (Phi) is 7.47. The third kappa shape index (κ3) is 5.97. The van der Waals surface area contributed by atoms with Gasteiger partial charge in [-0.25, -0.2) is 4.99 Å². The summed E-state index contributed by atoms with van der Waals surface area (Å²) >= 11 is 0. The molecule has 2 aromatic rings. The topological polar surface area (TPSA) is 93.2 Å². The number of nitrogens with one attached hydrogen (secondary N) is 3. The molecule has 166 valence electrons. The smallest absolute Gasteiger partial charge is 0.387 e. The van der Waals surface area contributed by atoms with Crippen LogP contribution in [0, 0.1) is 0 Å². The van der Waals surface area contributed by atoms with Gasteiger partial charge in [-0.05, 0) is 30.7 Å². The summed E-state index contributed by atoms with van der Waals surface area (Å²) in [5, 5.41) is 8.78. The molecule has 1 amide bonds. The van der Waals surface area contributed by atoms with Crippen LogP contribution >= 0.6 is 0 Å². The van der Waals surface area contributed by atoms with E-state index >= 15 is 0 Å². The van der Waals surface area contributed by atoms with Gasteiger partial charge in [0.2, 0.25) is 6.79 Å². The van der Waals surface area contributed by atoms with Crippen molar-refractivity contribution in [2.24, 2.45) is 4.99 Å². The van der Waals surface area contributed by atoms with E-state index in [1.165, 1.54) is 6.07 Å². The van der Waals surface area contributed by atoms with E-state index in [2.05, 4.69) is 25.7 Å². The molecule has 0 bridgehead atoms. The lowest BCUT2D eigenvalue weighted by Gasteiger charge is -2.15. The standard InChI is InChI=1S/C21H24F2N4O4/c1-3-25-21(26-10-13-4-6-14(7-5-13)19(28)24-2)27-11-15-8-17-18(30-12-29-17)9-16(15)31-20(22)23/h4-9,20H,3,10-12H2,1-2H3,(H,24,28)(H2,25,26,27). The maximum Gasteiger partial charge on any atom is 0.387 e. The molecule has 31 heavy (non-hydrogen) atoms. The average Bonchev–Trinajstić information content (AvgIpc) is 3.22. The number of fused-ring (bicyclic) bond motifs is 1. The number of benzene rings is 2. The number of amides is 1. The lowest BCUT2D eigenvalue weighted by molar-refractivity contribution is -0.0505. The number of hydrogen-bond acceptors (Lipinski definition) is 5. The highest BCUT2D eigenvalue weighted by atomic mass is 19.3. The van der Waals surface area contributed by atoms with E-state index in [0.29, 0.717) is 41.7 Å². The molecule has 0 fully saturated rings. The van der Waals surface area contributed by atoms with Crippen LogP contribution in [0.2, 0.25) is 0 Å². The van der Waals surface area contributed by atoms with E-state index in [4.69, 9.17) is 9.47 Å². The third-order valence-electron chi connectivity index (χ3n) is 4.43. The van der Waals surface area contributed by atoms with E-state index in [0.717, 1.165) is 5.56 Å². The number of rotatable bonds is 8. The molecule has 2 aromatic carbocycles. The fraction of sp³-hybridized carbons (Fsp3) is 0.333. The van der Waals surface area contributed by atoms with Crippen molar-refractivity contribution in [1.82, 2.24) is 16.0 Å². The van der Waals surface area contributed by atoms with E-state index < -0.39 is 6.61 Å². The van der Waals surface area contributed by atoms with Gasteiger partial charge in [0.1, 0.15) is 5.75 Å². The summed E-state index contributed by atoms with van der Waals surface area (Å²) < 4.78 is 40.8. The zero-order chi connectivity index (χ0) is 22.2. The summed E-state index contributed by atoms with van der Waals surface area (Å²) in [7, 11) is 1.58. The van der Waals surface area contributed by atoms with Gasteiger partial charge >= 0.3 is 6.61 Å². The van der Waals surface area contributed by atoms with Gasteiger partial charge in [0.05, 0.1) is 6.54 Å². The van der Waals surface area contributed by atoms with Crippen LogP contribution in [-0.4, -0.2) is 38.9 Å². The fourth-order valence-corrected chi connectivity index (χ4v) is 2.91. The number of guanidine groups is 1. The summed E-state index contributed by atoms with van der Waals surface area (Å²) in [6.07, 6.45) is 0. The van der Waals surface area contributed by atoms with Crippen LogP contribution in [0.1, 0.15) is 28.4 Å². The van der Waals surface area contributed by atoms with Crippen LogP contribution in [0.3, 0.4) is 0 Å². The molecule has 3 rings (SSSR count). The lowest BCUT2D eigenvalue weighted by Crippen LogP contribution is -2.36. The van der Waals surface area contributed by atoms with Gasteiger partial charge in [0.25, 0.3) is 5.91 Å². The van der Waals surface area contributed by atoms with Crippen molar-refractivity contribution in [1.29, 1.82) is 0 Å². The average molecular weight is 434 g/mol. The first-order valence-corrected chi connectivity index (χ1v) is 9.70. The van der Waals surface area contributed by atoms with E-state index in [9.17, 15) is 13.6 Å². The van der Waals surface area contributed by atoms with Crippen molar-refractivity contribution < 1.29 is 27.8 Å². The normalized spacial score (nSPS) is 12.6. The Morgan fingerprint density at radius 1 is 1.16 bits per heavy atom. The van der Waals surface area contributed by atoms with Crippen molar-refractivity contribution in [2.75, 3.05) is 20.4 Å². The zero-order valence-electron chi connectivity index (χ0n) is 17.2. The minimum absolute atomic E-state index is 0.00684. The molecule has 10 heteroatoms.